The molecule has 3 rings (SSSR count). The Morgan fingerprint density at radius 1 is 1.22 bits per heavy atom. The maximum absolute atomic E-state index is 13.3. The van der Waals surface area contributed by atoms with Gasteiger partial charge in [-0.2, -0.15) is 0 Å². The van der Waals surface area contributed by atoms with Gasteiger partial charge in [0.05, 0.1) is 24.1 Å². The number of carboxylic acid groups (broad SMARTS) is 1. The zero-order chi connectivity index (χ0) is 16.6. The van der Waals surface area contributed by atoms with E-state index in [1.54, 1.807) is 0 Å². The number of carbonyl (C=O) groups excluding carboxylic acids is 2. The van der Waals surface area contributed by atoms with Gasteiger partial charge in [0.15, 0.2) is 0 Å². The fourth-order valence-corrected chi connectivity index (χ4v) is 3.25. The van der Waals surface area contributed by atoms with Crippen LogP contribution in [0.3, 0.4) is 0 Å². The molecule has 0 aliphatic carbocycles. The highest BCUT2D eigenvalue weighted by Crippen LogP contribution is 2.28. The third kappa shape index (κ3) is 2.96. The highest BCUT2D eigenvalue weighted by Gasteiger charge is 2.43. The monoisotopic (exact) mass is 320 g/mol. The smallest absolute Gasteiger partial charge is 0.306 e. The molecule has 0 saturated carbocycles. The molecule has 2 fully saturated rings. The van der Waals surface area contributed by atoms with Gasteiger partial charge in [-0.05, 0) is 44.1 Å². The summed E-state index contributed by atoms with van der Waals surface area (Å²) in [5.74, 6) is -2.44. The SMILES string of the molecule is O=C(O)C1CCN([C@@H]2CC(=O)N(c3cccc(F)c3)C2=O)CC1. The van der Waals surface area contributed by atoms with E-state index in [-0.39, 0.29) is 23.9 Å². The maximum atomic E-state index is 13.3. The first kappa shape index (κ1) is 15.6. The number of anilines is 1. The number of amides is 2. The van der Waals surface area contributed by atoms with E-state index in [2.05, 4.69) is 0 Å². The second kappa shape index (κ2) is 6.08. The molecular weight excluding hydrogens is 303 g/mol. The van der Waals surface area contributed by atoms with Crippen molar-refractivity contribution >= 4 is 23.5 Å². The molecule has 0 spiro atoms. The van der Waals surface area contributed by atoms with Crippen molar-refractivity contribution in [2.24, 2.45) is 5.92 Å². The van der Waals surface area contributed by atoms with Gasteiger partial charge >= 0.3 is 5.97 Å². The van der Waals surface area contributed by atoms with Crippen molar-refractivity contribution < 1.29 is 23.9 Å². The zero-order valence-electron chi connectivity index (χ0n) is 12.4. The minimum atomic E-state index is -0.820. The first-order chi connectivity index (χ1) is 11.0. The summed E-state index contributed by atoms with van der Waals surface area (Å²) in [6, 6.07) is 4.81. The molecule has 0 radical (unpaired) electrons. The van der Waals surface area contributed by atoms with E-state index in [1.807, 2.05) is 4.90 Å². The van der Waals surface area contributed by atoms with Crippen molar-refractivity contribution in [1.29, 1.82) is 0 Å². The summed E-state index contributed by atoms with van der Waals surface area (Å²) in [7, 11) is 0. The first-order valence-electron chi connectivity index (χ1n) is 7.56. The van der Waals surface area contributed by atoms with Crippen LogP contribution in [0.1, 0.15) is 19.3 Å². The van der Waals surface area contributed by atoms with Crippen LogP contribution in [0.25, 0.3) is 0 Å². The molecule has 2 aliphatic rings. The van der Waals surface area contributed by atoms with Crippen molar-refractivity contribution in [3.63, 3.8) is 0 Å². The number of benzene rings is 1. The number of rotatable bonds is 3. The average molecular weight is 320 g/mol. The number of imide groups is 1. The molecule has 2 heterocycles. The van der Waals surface area contributed by atoms with Gasteiger partial charge in [-0.25, -0.2) is 9.29 Å². The van der Waals surface area contributed by atoms with Crippen molar-refractivity contribution in [3.05, 3.63) is 30.1 Å². The molecule has 2 saturated heterocycles. The van der Waals surface area contributed by atoms with Crippen molar-refractivity contribution in [2.45, 2.75) is 25.3 Å². The molecule has 0 aromatic heterocycles. The predicted molar refractivity (Wildman–Crippen MR) is 79.2 cm³/mol. The highest BCUT2D eigenvalue weighted by atomic mass is 19.1. The maximum Gasteiger partial charge on any atom is 0.306 e. The lowest BCUT2D eigenvalue weighted by Crippen LogP contribution is -2.46. The molecule has 1 aromatic rings. The van der Waals surface area contributed by atoms with Crippen molar-refractivity contribution in [3.8, 4) is 0 Å². The largest absolute Gasteiger partial charge is 0.481 e. The number of hydrogen-bond donors (Lipinski definition) is 1. The summed E-state index contributed by atoms with van der Waals surface area (Å²) in [6.07, 6.45) is 0.980. The van der Waals surface area contributed by atoms with Crippen LogP contribution in [0.15, 0.2) is 24.3 Å². The molecule has 1 aromatic carbocycles. The molecule has 7 heteroatoms. The van der Waals surface area contributed by atoms with E-state index in [9.17, 15) is 18.8 Å². The Morgan fingerprint density at radius 3 is 2.52 bits per heavy atom. The minimum absolute atomic E-state index is 0.0487. The van der Waals surface area contributed by atoms with Crippen LogP contribution in [-0.4, -0.2) is 46.9 Å². The molecule has 1 atom stereocenters. The van der Waals surface area contributed by atoms with Gasteiger partial charge in [-0.15, -0.1) is 0 Å². The van der Waals surface area contributed by atoms with E-state index in [1.165, 1.54) is 18.2 Å². The Morgan fingerprint density at radius 2 is 1.91 bits per heavy atom. The number of carbonyl (C=O) groups is 3. The lowest BCUT2D eigenvalue weighted by Gasteiger charge is -2.33. The Labute approximate surface area is 132 Å². The topological polar surface area (TPSA) is 77.9 Å². The van der Waals surface area contributed by atoms with Crippen LogP contribution in [0.5, 0.6) is 0 Å². The molecule has 2 aliphatic heterocycles. The number of nitrogens with zero attached hydrogens (tertiary/aromatic N) is 2. The van der Waals surface area contributed by atoms with Gasteiger partial charge < -0.3 is 5.11 Å². The Hall–Kier alpha value is -2.28. The first-order valence-corrected chi connectivity index (χ1v) is 7.56. The quantitative estimate of drug-likeness (QED) is 0.848. The summed E-state index contributed by atoms with van der Waals surface area (Å²) in [4.78, 5) is 38.6. The van der Waals surface area contributed by atoms with Crippen LogP contribution >= 0.6 is 0 Å². The van der Waals surface area contributed by atoms with Crippen LogP contribution in [-0.2, 0) is 14.4 Å². The highest BCUT2D eigenvalue weighted by molar-refractivity contribution is 6.22. The van der Waals surface area contributed by atoms with E-state index in [0.717, 1.165) is 11.0 Å². The number of likely N-dealkylation sites (tertiary alicyclic amines) is 1. The van der Waals surface area contributed by atoms with Crippen LogP contribution < -0.4 is 4.90 Å². The number of piperidine rings is 1. The number of halogens is 1. The molecule has 0 unspecified atom stereocenters. The van der Waals surface area contributed by atoms with E-state index < -0.39 is 23.7 Å². The fraction of sp³-hybridized carbons (Fsp3) is 0.438. The predicted octanol–water partition coefficient (Wildman–Crippen LogP) is 1.25. The van der Waals surface area contributed by atoms with E-state index in [0.29, 0.717) is 25.9 Å². The Bertz CT molecular complexity index is 655. The summed E-state index contributed by atoms with van der Waals surface area (Å²) in [5.41, 5.74) is 0.239. The van der Waals surface area contributed by atoms with Crippen LogP contribution in [0.2, 0.25) is 0 Å². The number of carboxylic acids is 1. The minimum Gasteiger partial charge on any atom is -0.481 e. The van der Waals surface area contributed by atoms with Crippen LogP contribution in [0.4, 0.5) is 10.1 Å². The number of aliphatic carboxylic acids is 1. The Kier molecular flexibility index (Phi) is 4.12. The second-order valence-corrected chi connectivity index (χ2v) is 5.92. The van der Waals surface area contributed by atoms with Crippen LogP contribution in [0, 0.1) is 11.7 Å². The summed E-state index contributed by atoms with van der Waals surface area (Å²) in [6.45, 7) is 0.940. The van der Waals surface area contributed by atoms with E-state index >= 15 is 0 Å². The van der Waals surface area contributed by atoms with Crippen molar-refractivity contribution in [2.75, 3.05) is 18.0 Å². The fourth-order valence-electron chi connectivity index (χ4n) is 3.25. The third-order valence-corrected chi connectivity index (χ3v) is 4.51. The molecule has 0 bridgehead atoms. The van der Waals surface area contributed by atoms with E-state index in [4.69, 9.17) is 5.11 Å². The molecule has 23 heavy (non-hydrogen) atoms. The average Bonchev–Trinajstić information content (AvgIpc) is 2.82. The lowest BCUT2D eigenvalue weighted by molar-refractivity contribution is -0.143. The van der Waals surface area contributed by atoms with Gasteiger partial charge in [0.2, 0.25) is 5.91 Å². The van der Waals surface area contributed by atoms with Gasteiger partial charge in [0.25, 0.3) is 5.91 Å². The zero-order valence-corrected chi connectivity index (χ0v) is 12.4. The van der Waals surface area contributed by atoms with Gasteiger partial charge in [0.1, 0.15) is 5.82 Å². The lowest BCUT2D eigenvalue weighted by atomic mass is 9.96. The van der Waals surface area contributed by atoms with Crippen molar-refractivity contribution in [1.82, 2.24) is 4.90 Å². The summed E-state index contributed by atoms with van der Waals surface area (Å²) in [5, 5.41) is 9.02. The molecule has 2 amide bonds. The molecular formula is C16H17FN2O4. The molecule has 122 valence electrons. The van der Waals surface area contributed by atoms with Gasteiger partial charge in [-0.1, -0.05) is 6.07 Å². The molecule has 1 N–H and O–H groups in total. The summed E-state index contributed by atoms with van der Waals surface area (Å²) < 4.78 is 13.3. The standard InChI is InChI=1S/C16H17FN2O4/c17-11-2-1-3-12(8-11)19-14(20)9-13(15(19)21)18-6-4-10(5-7-18)16(22)23/h1-3,8,10,13H,4-7,9H2,(H,22,23)/t13-/m1/s1. The Balaban J connectivity index is 1.73. The van der Waals surface area contributed by atoms with Gasteiger partial charge in [0, 0.05) is 0 Å². The molecule has 6 nitrogen and oxygen atoms in total. The normalized spacial score (nSPS) is 23.5. The second-order valence-electron chi connectivity index (χ2n) is 5.92. The van der Waals surface area contributed by atoms with Gasteiger partial charge in [-0.3, -0.25) is 19.3 Å². The third-order valence-electron chi connectivity index (χ3n) is 4.51. The summed E-state index contributed by atoms with van der Waals surface area (Å²) >= 11 is 0. The number of hydrogen-bond acceptors (Lipinski definition) is 4.